The fourth-order valence-corrected chi connectivity index (χ4v) is 5.00. The summed E-state index contributed by atoms with van der Waals surface area (Å²) in [6.45, 7) is 4.65. The van der Waals surface area contributed by atoms with E-state index in [0.29, 0.717) is 23.7 Å². The van der Waals surface area contributed by atoms with E-state index in [4.69, 9.17) is 0 Å². The molecule has 0 radical (unpaired) electrons. The molecule has 3 N–H and O–H groups in total. The fraction of sp³-hybridized carbons (Fsp3) is 0.250. The van der Waals surface area contributed by atoms with Gasteiger partial charge in [-0.2, -0.15) is 0 Å². The Balaban J connectivity index is 1.32. The lowest BCUT2D eigenvalue weighted by Gasteiger charge is -2.33. The van der Waals surface area contributed by atoms with E-state index in [1.165, 1.54) is 5.56 Å². The standard InChI is InChI=1S/C32H34N4O2/c1-23-17-20-36(21-18-23)30-15-14-26(22-28(30)31(37)33-19-16-24-8-3-2-4-9-24)34-32(38)35-29-13-7-11-25-10-5-6-12-27(25)29/h2-15,22-23H,16-21H2,1H3,(H,33,37)(H2,34,35,38). The largest absolute Gasteiger partial charge is 0.371 e. The van der Waals surface area contributed by atoms with Crippen molar-refractivity contribution in [1.29, 1.82) is 0 Å². The number of fused-ring (bicyclic) bond motifs is 1. The number of nitrogens with one attached hydrogen (secondary N) is 3. The van der Waals surface area contributed by atoms with Crippen LogP contribution in [0.25, 0.3) is 10.8 Å². The molecule has 0 unspecified atom stereocenters. The van der Waals surface area contributed by atoms with Crippen LogP contribution < -0.4 is 20.9 Å². The summed E-state index contributed by atoms with van der Waals surface area (Å²) in [5, 5.41) is 11.0. The van der Waals surface area contributed by atoms with Crippen molar-refractivity contribution in [3.8, 4) is 0 Å². The Hall–Kier alpha value is -4.32. The maximum Gasteiger partial charge on any atom is 0.323 e. The Bertz CT molecular complexity index is 1410. The molecule has 6 heteroatoms. The van der Waals surface area contributed by atoms with Crippen LogP contribution in [0.4, 0.5) is 21.9 Å². The van der Waals surface area contributed by atoms with Crippen LogP contribution in [0.5, 0.6) is 0 Å². The van der Waals surface area contributed by atoms with E-state index in [-0.39, 0.29) is 11.9 Å². The molecule has 1 heterocycles. The molecule has 38 heavy (non-hydrogen) atoms. The van der Waals surface area contributed by atoms with Crippen LogP contribution >= 0.6 is 0 Å². The molecule has 1 saturated heterocycles. The van der Waals surface area contributed by atoms with Gasteiger partial charge >= 0.3 is 6.03 Å². The summed E-state index contributed by atoms with van der Waals surface area (Å²) in [6, 6.07) is 29.1. The molecule has 6 nitrogen and oxygen atoms in total. The number of rotatable bonds is 7. The zero-order valence-electron chi connectivity index (χ0n) is 21.7. The van der Waals surface area contributed by atoms with E-state index >= 15 is 0 Å². The Morgan fingerprint density at radius 1 is 0.842 bits per heavy atom. The van der Waals surface area contributed by atoms with Gasteiger partial charge in [-0.15, -0.1) is 0 Å². The molecule has 0 aliphatic carbocycles. The Kier molecular flexibility index (Phi) is 7.88. The van der Waals surface area contributed by atoms with Crippen molar-refractivity contribution < 1.29 is 9.59 Å². The fourth-order valence-electron chi connectivity index (χ4n) is 5.00. The summed E-state index contributed by atoms with van der Waals surface area (Å²) in [4.78, 5) is 28.6. The first kappa shape index (κ1) is 25.3. The Morgan fingerprint density at radius 2 is 1.58 bits per heavy atom. The van der Waals surface area contributed by atoms with Gasteiger partial charge in [0.1, 0.15) is 0 Å². The van der Waals surface area contributed by atoms with Crippen LogP contribution in [0.1, 0.15) is 35.7 Å². The number of hydrogen-bond acceptors (Lipinski definition) is 3. The third-order valence-corrected chi connectivity index (χ3v) is 7.20. The second-order valence-corrected chi connectivity index (χ2v) is 10.00. The Labute approximate surface area is 224 Å². The summed E-state index contributed by atoms with van der Waals surface area (Å²) < 4.78 is 0. The average Bonchev–Trinajstić information content (AvgIpc) is 2.94. The van der Waals surface area contributed by atoms with Gasteiger partial charge in [0.15, 0.2) is 0 Å². The van der Waals surface area contributed by atoms with E-state index in [9.17, 15) is 9.59 Å². The van der Waals surface area contributed by atoms with Crippen LogP contribution in [0.3, 0.4) is 0 Å². The van der Waals surface area contributed by atoms with Crippen LogP contribution in [0.15, 0.2) is 91.0 Å². The number of hydrogen-bond donors (Lipinski definition) is 3. The lowest BCUT2D eigenvalue weighted by Crippen LogP contribution is -2.35. The predicted molar refractivity (Wildman–Crippen MR) is 156 cm³/mol. The molecule has 4 aromatic carbocycles. The third kappa shape index (κ3) is 6.14. The van der Waals surface area contributed by atoms with Gasteiger partial charge in [0.2, 0.25) is 0 Å². The van der Waals surface area contributed by atoms with Crippen molar-refractivity contribution in [2.45, 2.75) is 26.2 Å². The highest BCUT2D eigenvalue weighted by Gasteiger charge is 2.22. The van der Waals surface area contributed by atoms with E-state index in [1.807, 2.05) is 72.8 Å². The van der Waals surface area contributed by atoms with E-state index in [1.54, 1.807) is 6.07 Å². The number of piperidine rings is 1. The Morgan fingerprint density at radius 3 is 2.39 bits per heavy atom. The first-order valence-corrected chi connectivity index (χ1v) is 13.3. The molecule has 0 saturated carbocycles. The van der Waals surface area contributed by atoms with Crippen LogP contribution in [0.2, 0.25) is 0 Å². The molecule has 1 aliphatic heterocycles. The second kappa shape index (κ2) is 11.8. The molecule has 0 aromatic heterocycles. The van der Waals surface area contributed by atoms with Crippen LogP contribution in [-0.2, 0) is 6.42 Å². The summed E-state index contributed by atoms with van der Waals surface area (Å²) in [7, 11) is 0. The number of carbonyl (C=O) groups is 2. The molecule has 0 atom stereocenters. The maximum absolute atomic E-state index is 13.4. The number of amides is 3. The van der Waals surface area contributed by atoms with Crippen molar-refractivity contribution >= 4 is 39.8 Å². The lowest BCUT2D eigenvalue weighted by atomic mass is 9.97. The second-order valence-electron chi connectivity index (χ2n) is 10.00. The molecule has 5 rings (SSSR count). The monoisotopic (exact) mass is 506 g/mol. The van der Waals surface area contributed by atoms with E-state index in [2.05, 4.69) is 39.9 Å². The zero-order chi connectivity index (χ0) is 26.3. The molecule has 0 spiro atoms. The SMILES string of the molecule is CC1CCN(c2ccc(NC(=O)Nc3cccc4ccccc34)cc2C(=O)NCCc2ccccc2)CC1. The number of urea groups is 1. The number of carbonyl (C=O) groups excluding carboxylic acids is 2. The molecule has 1 aliphatic rings. The van der Waals surface area contributed by atoms with E-state index in [0.717, 1.165) is 54.5 Å². The number of nitrogens with zero attached hydrogens (tertiary/aromatic N) is 1. The molecule has 1 fully saturated rings. The first-order valence-electron chi connectivity index (χ1n) is 13.3. The highest BCUT2D eigenvalue weighted by atomic mass is 16.2. The number of anilines is 3. The molecule has 3 amide bonds. The van der Waals surface area contributed by atoms with Crippen LogP contribution in [-0.4, -0.2) is 31.6 Å². The first-order chi connectivity index (χ1) is 18.6. The van der Waals surface area contributed by atoms with Gasteiger partial charge in [-0.25, -0.2) is 4.79 Å². The van der Waals surface area contributed by atoms with Crippen molar-refractivity contribution in [3.63, 3.8) is 0 Å². The normalized spacial score (nSPS) is 13.8. The van der Waals surface area contributed by atoms with Gasteiger partial charge in [0.25, 0.3) is 5.91 Å². The third-order valence-electron chi connectivity index (χ3n) is 7.20. The summed E-state index contributed by atoms with van der Waals surface area (Å²) in [5.74, 6) is 0.556. The van der Waals surface area contributed by atoms with Gasteiger partial charge in [0.05, 0.1) is 11.3 Å². The minimum Gasteiger partial charge on any atom is -0.371 e. The van der Waals surface area contributed by atoms with Gasteiger partial charge < -0.3 is 20.9 Å². The molecule has 4 aromatic rings. The summed E-state index contributed by atoms with van der Waals surface area (Å²) in [6.07, 6.45) is 2.96. The summed E-state index contributed by atoms with van der Waals surface area (Å²) >= 11 is 0. The van der Waals surface area contributed by atoms with Gasteiger partial charge in [0, 0.05) is 36.4 Å². The van der Waals surface area contributed by atoms with Gasteiger partial charge in [-0.3, -0.25) is 4.79 Å². The smallest absolute Gasteiger partial charge is 0.323 e. The van der Waals surface area contributed by atoms with Crippen molar-refractivity contribution in [1.82, 2.24) is 5.32 Å². The minimum atomic E-state index is -0.351. The van der Waals surface area contributed by atoms with Gasteiger partial charge in [-0.1, -0.05) is 73.7 Å². The highest BCUT2D eigenvalue weighted by molar-refractivity contribution is 6.07. The highest BCUT2D eigenvalue weighted by Crippen LogP contribution is 2.29. The zero-order valence-corrected chi connectivity index (χ0v) is 21.7. The quantitative estimate of drug-likeness (QED) is 0.261. The average molecular weight is 507 g/mol. The molecular formula is C32H34N4O2. The van der Waals surface area contributed by atoms with Crippen molar-refractivity contribution in [3.05, 3.63) is 102 Å². The minimum absolute atomic E-state index is 0.132. The molecule has 194 valence electrons. The number of benzene rings is 4. The van der Waals surface area contributed by atoms with E-state index < -0.39 is 0 Å². The van der Waals surface area contributed by atoms with Crippen LogP contribution in [0, 0.1) is 5.92 Å². The molecule has 0 bridgehead atoms. The maximum atomic E-state index is 13.4. The lowest BCUT2D eigenvalue weighted by molar-refractivity contribution is 0.0954. The van der Waals surface area contributed by atoms with Gasteiger partial charge in [-0.05, 0) is 60.4 Å². The van der Waals surface area contributed by atoms with Crippen molar-refractivity contribution in [2.24, 2.45) is 5.92 Å². The topological polar surface area (TPSA) is 73.5 Å². The molecular weight excluding hydrogens is 472 g/mol. The van der Waals surface area contributed by atoms with Crippen molar-refractivity contribution in [2.75, 3.05) is 35.2 Å². The summed E-state index contributed by atoms with van der Waals surface area (Å²) in [5.41, 5.74) is 3.98. The predicted octanol–water partition coefficient (Wildman–Crippen LogP) is 6.69.